The van der Waals surface area contributed by atoms with E-state index >= 15 is 0 Å². The molecule has 8 heteroatoms. The minimum absolute atomic E-state index is 0.0439. The van der Waals surface area contributed by atoms with Crippen molar-refractivity contribution in [3.8, 4) is 0 Å². The van der Waals surface area contributed by atoms with E-state index in [4.69, 9.17) is 0 Å². The summed E-state index contributed by atoms with van der Waals surface area (Å²) in [7, 11) is 0. The Morgan fingerprint density at radius 1 is 1.34 bits per heavy atom. The number of thiazole rings is 1. The summed E-state index contributed by atoms with van der Waals surface area (Å²) in [6.07, 6.45) is 2.20. The molecule has 2 heterocycles. The van der Waals surface area contributed by atoms with Crippen LogP contribution >= 0.6 is 11.3 Å². The molecule has 4 rings (SSSR count). The first-order valence-corrected chi connectivity index (χ1v) is 10.7. The van der Waals surface area contributed by atoms with Gasteiger partial charge in [-0.3, -0.25) is 14.5 Å². The van der Waals surface area contributed by atoms with Crippen LogP contribution in [-0.4, -0.2) is 39.8 Å². The van der Waals surface area contributed by atoms with Crippen LogP contribution in [0.3, 0.4) is 0 Å². The van der Waals surface area contributed by atoms with Gasteiger partial charge in [0.25, 0.3) is 5.91 Å². The maximum absolute atomic E-state index is 13.1. The molecular formula is C21H26N4O3S. The molecule has 29 heavy (non-hydrogen) atoms. The smallest absolute Gasteiger partial charge is 0.323 e. The molecule has 1 saturated carbocycles. The van der Waals surface area contributed by atoms with E-state index in [1.165, 1.54) is 11.3 Å². The lowest BCUT2D eigenvalue weighted by Gasteiger charge is -2.43. The summed E-state index contributed by atoms with van der Waals surface area (Å²) in [6.45, 7) is 8.00. The molecule has 0 bridgehead atoms. The van der Waals surface area contributed by atoms with E-state index in [2.05, 4.69) is 36.4 Å². The van der Waals surface area contributed by atoms with Crippen molar-refractivity contribution in [3.63, 3.8) is 0 Å². The van der Waals surface area contributed by atoms with Gasteiger partial charge in [0.15, 0.2) is 5.13 Å². The molecule has 154 valence electrons. The number of para-hydroxylation sites is 1. The summed E-state index contributed by atoms with van der Waals surface area (Å²) in [5, 5.41) is 6.10. The normalized spacial score (nSPS) is 26.2. The third kappa shape index (κ3) is 3.61. The fraction of sp³-hybridized carbons (Fsp3) is 0.524. The van der Waals surface area contributed by atoms with Gasteiger partial charge in [0.05, 0.1) is 10.2 Å². The van der Waals surface area contributed by atoms with Gasteiger partial charge in [-0.2, -0.15) is 0 Å². The molecule has 1 aromatic carbocycles. The third-order valence-corrected chi connectivity index (χ3v) is 6.73. The standard InChI is InChI=1S/C21H26N4O3S/c1-12-8-20(3,4)11-21(9-12)17(27)25(19(28)24-21)10-15(26)22-18-23-16-13(2)6-5-7-14(16)29-18/h5-7,12H,8-11H2,1-4H3,(H,24,28)(H,22,23,26)/t12-,21-/m1/s1. The molecular weight excluding hydrogens is 388 g/mol. The van der Waals surface area contributed by atoms with Gasteiger partial charge in [-0.05, 0) is 49.1 Å². The maximum atomic E-state index is 13.1. The number of rotatable bonds is 3. The second-order valence-electron chi connectivity index (χ2n) is 9.25. The van der Waals surface area contributed by atoms with Crippen molar-refractivity contribution in [2.45, 2.75) is 52.5 Å². The SMILES string of the molecule is Cc1cccc2sc(NC(=O)CN3C(=O)N[C@@]4(C[C@H](C)CC(C)(C)C4)C3=O)nc12. The first-order valence-electron chi connectivity index (χ1n) is 9.89. The number of fused-ring (bicyclic) bond motifs is 1. The Labute approximate surface area is 173 Å². The van der Waals surface area contributed by atoms with Gasteiger partial charge in [-0.15, -0.1) is 0 Å². The van der Waals surface area contributed by atoms with Crippen LogP contribution in [-0.2, 0) is 9.59 Å². The molecule has 4 amide bonds. The highest BCUT2D eigenvalue weighted by molar-refractivity contribution is 7.22. The molecule has 2 fully saturated rings. The molecule has 2 N–H and O–H groups in total. The summed E-state index contributed by atoms with van der Waals surface area (Å²) >= 11 is 1.37. The lowest BCUT2D eigenvalue weighted by Crippen LogP contribution is -2.54. The average Bonchev–Trinajstić information content (AvgIpc) is 3.08. The zero-order valence-corrected chi connectivity index (χ0v) is 18.0. The number of carbonyl (C=O) groups is 3. The molecule has 1 aliphatic carbocycles. The van der Waals surface area contributed by atoms with E-state index in [0.717, 1.165) is 27.1 Å². The predicted molar refractivity (Wildman–Crippen MR) is 113 cm³/mol. The van der Waals surface area contributed by atoms with Gasteiger partial charge in [0.1, 0.15) is 12.1 Å². The van der Waals surface area contributed by atoms with E-state index in [1.54, 1.807) is 0 Å². The van der Waals surface area contributed by atoms with Crippen LogP contribution in [0, 0.1) is 18.3 Å². The van der Waals surface area contributed by atoms with Crippen molar-refractivity contribution in [2.75, 3.05) is 11.9 Å². The maximum Gasteiger partial charge on any atom is 0.325 e. The molecule has 1 saturated heterocycles. The Morgan fingerprint density at radius 3 is 2.79 bits per heavy atom. The number of benzene rings is 1. The number of aromatic nitrogens is 1. The van der Waals surface area contributed by atoms with E-state index in [1.807, 2.05) is 25.1 Å². The van der Waals surface area contributed by atoms with E-state index in [0.29, 0.717) is 23.9 Å². The molecule has 2 atom stereocenters. The van der Waals surface area contributed by atoms with E-state index < -0.39 is 17.5 Å². The summed E-state index contributed by atoms with van der Waals surface area (Å²) in [4.78, 5) is 43.8. The fourth-order valence-corrected chi connectivity index (χ4v) is 6.05. The van der Waals surface area contributed by atoms with Gasteiger partial charge >= 0.3 is 6.03 Å². The average molecular weight is 415 g/mol. The van der Waals surface area contributed by atoms with Crippen molar-refractivity contribution in [2.24, 2.45) is 11.3 Å². The van der Waals surface area contributed by atoms with Gasteiger partial charge in [0, 0.05) is 0 Å². The molecule has 1 aliphatic heterocycles. The van der Waals surface area contributed by atoms with Gasteiger partial charge < -0.3 is 10.6 Å². The van der Waals surface area contributed by atoms with Crippen LogP contribution in [0.2, 0.25) is 0 Å². The Bertz CT molecular complexity index is 1010. The predicted octanol–water partition coefficient (Wildman–Crippen LogP) is 3.68. The lowest BCUT2D eigenvalue weighted by molar-refractivity contribution is -0.136. The summed E-state index contributed by atoms with van der Waals surface area (Å²) in [6, 6.07) is 5.37. The van der Waals surface area contributed by atoms with E-state index in [-0.39, 0.29) is 17.9 Å². The number of urea groups is 1. The molecule has 1 aromatic heterocycles. The number of carbonyl (C=O) groups excluding carboxylic acids is 3. The van der Waals surface area contributed by atoms with Crippen molar-refractivity contribution in [1.82, 2.24) is 15.2 Å². The summed E-state index contributed by atoms with van der Waals surface area (Å²) in [5.74, 6) is -0.398. The van der Waals surface area contributed by atoms with Gasteiger partial charge in [-0.25, -0.2) is 9.78 Å². The summed E-state index contributed by atoms with van der Waals surface area (Å²) in [5.41, 5.74) is 0.938. The Morgan fingerprint density at radius 2 is 2.10 bits per heavy atom. The molecule has 2 aromatic rings. The van der Waals surface area contributed by atoms with Gasteiger partial charge in [0.2, 0.25) is 5.91 Å². The number of amides is 4. The monoisotopic (exact) mass is 414 g/mol. The number of nitrogens with one attached hydrogen (secondary N) is 2. The third-order valence-electron chi connectivity index (χ3n) is 5.79. The lowest BCUT2D eigenvalue weighted by atomic mass is 9.64. The quantitative estimate of drug-likeness (QED) is 0.750. The van der Waals surface area contributed by atoms with Crippen molar-refractivity contribution < 1.29 is 14.4 Å². The number of hydrogen-bond acceptors (Lipinski definition) is 5. The van der Waals surface area contributed by atoms with Crippen LogP contribution in [0.1, 0.15) is 45.6 Å². The largest absolute Gasteiger partial charge is 0.325 e. The number of hydrogen-bond donors (Lipinski definition) is 2. The van der Waals surface area contributed by atoms with Crippen LogP contribution < -0.4 is 10.6 Å². The van der Waals surface area contributed by atoms with Crippen molar-refractivity contribution >= 4 is 44.5 Å². The second-order valence-corrected chi connectivity index (χ2v) is 10.3. The van der Waals surface area contributed by atoms with Crippen molar-refractivity contribution in [1.29, 1.82) is 0 Å². The first-order chi connectivity index (χ1) is 13.6. The molecule has 1 spiro atoms. The van der Waals surface area contributed by atoms with Crippen LogP contribution in [0.4, 0.5) is 9.93 Å². The minimum atomic E-state index is -0.897. The zero-order chi connectivity index (χ0) is 21.0. The van der Waals surface area contributed by atoms with Gasteiger partial charge in [-0.1, -0.05) is 44.2 Å². The fourth-order valence-electron chi connectivity index (χ4n) is 5.09. The van der Waals surface area contributed by atoms with Crippen LogP contribution in [0.5, 0.6) is 0 Å². The van der Waals surface area contributed by atoms with E-state index in [9.17, 15) is 14.4 Å². The van der Waals surface area contributed by atoms with Crippen molar-refractivity contribution in [3.05, 3.63) is 23.8 Å². The van der Waals surface area contributed by atoms with Crippen LogP contribution in [0.15, 0.2) is 18.2 Å². The molecule has 0 radical (unpaired) electrons. The number of anilines is 1. The number of nitrogens with zero attached hydrogens (tertiary/aromatic N) is 2. The summed E-state index contributed by atoms with van der Waals surface area (Å²) < 4.78 is 0.979. The van der Waals surface area contributed by atoms with Crippen LogP contribution in [0.25, 0.3) is 10.2 Å². The minimum Gasteiger partial charge on any atom is -0.323 e. The highest BCUT2D eigenvalue weighted by atomic mass is 32.1. The number of aryl methyl sites for hydroxylation is 1. The molecule has 0 unspecified atom stereocenters. The molecule has 7 nitrogen and oxygen atoms in total. The number of imide groups is 1. The molecule has 2 aliphatic rings. The Hall–Kier alpha value is -2.48. The highest BCUT2D eigenvalue weighted by Crippen LogP contribution is 2.46. The Kier molecular flexibility index (Phi) is 4.64. The first kappa shape index (κ1) is 19.8. The zero-order valence-electron chi connectivity index (χ0n) is 17.2. The second kappa shape index (κ2) is 6.79. The topological polar surface area (TPSA) is 91.4 Å². The highest BCUT2D eigenvalue weighted by Gasteiger charge is 2.56. The Balaban J connectivity index is 1.48.